The van der Waals surface area contributed by atoms with Crippen molar-refractivity contribution in [2.45, 2.75) is 39.2 Å². The minimum atomic E-state index is 0.154. The molecule has 0 amide bonds. The van der Waals surface area contributed by atoms with Crippen molar-refractivity contribution in [1.29, 1.82) is 0 Å². The van der Waals surface area contributed by atoms with Crippen LogP contribution in [0.2, 0.25) is 5.02 Å². The van der Waals surface area contributed by atoms with Crippen LogP contribution in [-0.4, -0.2) is 11.7 Å². The number of hydrogen-bond donors (Lipinski definition) is 2. The van der Waals surface area contributed by atoms with Crippen molar-refractivity contribution >= 4 is 11.6 Å². The Labute approximate surface area is 114 Å². The maximum Gasteiger partial charge on any atom is 0.134 e. The molecule has 0 spiro atoms. The van der Waals surface area contributed by atoms with E-state index in [-0.39, 0.29) is 5.75 Å². The van der Waals surface area contributed by atoms with E-state index in [1.165, 1.54) is 25.7 Å². The third kappa shape index (κ3) is 3.89. The average Bonchev–Trinajstić information content (AvgIpc) is 2.36. The van der Waals surface area contributed by atoms with Gasteiger partial charge in [-0.1, -0.05) is 37.4 Å². The molecule has 1 aromatic carbocycles. The van der Waals surface area contributed by atoms with Gasteiger partial charge in [0.15, 0.2) is 0 Å². The van der Waals surface area contributed by atoms with Crippen LogP contribution in [0, 0.1) is 11.8 Å². The van der Waals surface area contributed by atoms with E-state index in [1.54, 1.807) is 6.07 Å². The van der Waals surface area contributed by atoms with Crippen LogP contribution >= 0.6 is 11.6 Å². The largest absolute Gasteiger partial charge is 0.506 e. The van der Waals surface area contributed by atoms with Crippen molar-refractivity contribution in [3.63, 3.8) is 0 Å². The number of rotatable bonds is 4. The molecule has 18 heavy (non-hydrogen) atoms. The number of phenolic OH excluding ortho intramolecular Hbond substituents is 1. The molecule has 0 heterocycles. The van der Waals surface area contributed by atoms with Crippen LogP contribution in [0.4, 0.5) is 0 Å². The summed E-state index contributed by atoms with van der Waals surface area (Å²) in [5.41, 5.74) is 1.13. The van der Waals surface area contributed by atoms with Crippen molar-refractivity contribution in [3.05, 3.63) is 28.8 Å². The number of benzene rings is 1. The van der Waals surface area contributed by atoms with Gasteiger partial charge in [-0.3, -0.25) is 0 Å². The predicted molar refractivity (Wildman–Crippen MR) is 75.9 cm³/mol. The lowest BCUT2D eigenvalue weighted by Gasteiger charge is -2.26. The fourth-order valence-electron chi connectivity index (χ4n) is 2.61. The first kappa shape index (κ1) is 13.7. The quantitative estimate of drug-likeness (QED) is 0.865. The Morgan fingerprint density at radius 3 is 2.67 bits per heavy atom. The van der Waals surface area contributed by atoms with Gasteiger partial charge in [-0.15, -0.1) is 0 Å². The van der Waals surface area contributed by atoms with Gasteiger partial charge in [0, 0.05) is 6.54 Å². The monoisotopic (exact) mass is 267 g/mol. The molecule has 2 N–H and O–H groups in total. The molecule has 3 heteroatoms. The van der Waals surface area contributed by atoms with Crippen LogP contribution in [0.1, 0.15) is 38.2 Å². The second-order valence-corrected chi connectivity index (χ2v) is 5.95. The summed E-state index contributed by atoms with van der Waals surface area (Å²) in [7, 11) is 0. The zero-order chi connectivity index (χ0) is 13.0. The van der Waals surface area contributed by atoms with E-state index in [9.17, 15) is 5.11 Å². The molecule has 1 saturated carbocycles. The highest BCUT2D eigenvalue weighted by Crippen LogP contribution is 2.28. The minimum Gasteiger partial charge on any atom is -0.506 e. The maximum absolute atomic E-state index is 9.35. The Bertz CT molecular complexity index is 386. The molecule has 0 saturated heterocycles. The summed E-state index contributed by atoms with van der Waals surface area (Å²) in [6.07, 6.45) is 5.45. The first-order valence-electron chi connectivity index (χ1n) is 6.83. The smallest absolute Gasteiger partial charge is 0.134 e. The van der Waals surface area contributed by atoms with Crippen LogP contribution < -0.4 is 5.32 Å². The van der Waals surface area contributed by atoms with Gasteiger partial charge in [-0.2, -0.15) is 0 Å². The molecular weight excluding hydrogens is 246 g/mol. The van der Waals surface area contributed by atoms with Crippen LogP contribution in [0.3, 0.4) is 0 Å². The summed E-state index contributed by atoms with van der Waals surface area (Å²) in [5.74, 6) is 1.90. The van der Waals surface area contributed by atoms with Gasteiger partial charge in [0.1, 0.15) is 5.75 Å². The molecule has 0 radical (unpaired) electrons. The van der Waals surface area contributed by atoms with Crippen LogP contribution in [0.25, 0.3) is 0 Å². The van der Waals surface area contributed by atoms with Gasteiger partial charge in [0.05, 0.1) is 5.02 Å². The molecule has 1 aliphatic rings. The Kier molecular flexibility index (Phi) is 4.90. The lowest BCUT2D eigenvalue weighted by Crippen LogP contribution is -2.25. The highest BCUT2D eigenvalue weighted by Gasteiger charge is 2.17. The van der Waals surface area contributed by atoms with E-state index in [0.717, 1.165) is 30.5 Å². The summed E-state index contributed by atoms with van der Waals surface area (Å²) < 4.78 is 0. The van der Waals surface area contributed by atoms with Crippen molar-refractivity contribution < 1.29 is 5.11 Å². The summed E-state index contributed by atoms with van der Waals surface area (Å²) >= 11 is 5.88. The zero-order valence-corrected chi connectivity index (χ0v) is 11.7. The first-order chi connectivity index (χ1) is 8.65. The van der Waals surface area contributed by atoms with Gasteiger partial charge in [-0.05, 0) is 48.9 Å². The number of hydrogen-bond acceptors (Lipinski definition) is 2. The van der Waals surface area contributed by atoms with Gasteiger partial charge < -0.3 is 10.4 Å². The lowest BCUT2D eigenvalue weighted by molar-refractivity contribution is 0.281. The molecule has 0 bridgehead atoms. The third-order valence-electron chi connectivity index (χ3n) is 3.91. The van der Waals surface area contributed by atoms with E-state index < -0.39 is 0 Å². The Balaban J connectivity index is 1.73. The maximum atomic E-state index is 9.35. The summed E-state index contributed by atoms with van der Waals surface area (Å²) in [6.45, 7) is 4.26. The lowest BCUT2D eigenvalue weighted by atomic mass is 9.83. The average molecular weight is 268 g/mol. The minimum absolute atomic E-state index is 0.154. The molecule has 0 atom stereocenters. The molecule has 1 aliphatic carbocycles. The van der Waals surface area contributed by atoms with E-state index in [2.05, 4.69) is 12.2 Å². The summed E-state index contributed by atoms with van der Waals surface area (Å²) in [5, 5.41) is 13.3. The molecule has 2 rings (SSSR count). The van der Waals surface area contributed by atoms with Gasteiger partial charge >= 0.3 is 0 Å². The van der Waals surface area contributed by atoms with Gasteiger partial charge in [-0.25, -0.2) is 0 Å². The second-order valence-electron chi connectivity index (χ2n) is 5.54. The number of aromatic hydroxyl groups is 1. The fourth-order valence-corrected chi connectivity index (χ4v) is 2.82. The molecule has 1 aromatic rings. The molecule has 0 aliphatic heterocycles. The van der Waals surface area contributed by atoms with Gasteiger partial charge in [0.2, 0.25) is 0 Å². The first-order valence-corrected chi connectivity index (χ1v) is 7.21. The Hall–Kier alpha value is -0.730. The van der Waals surface area contributed by atoms with Gasteiger partial charge in [0.25, 0.3) is 0 Å². The SMILES string of the molecule is CC1CCC(CNCc2ccc(O)c(Cl)c2)CC1. The number of halogens is 1. The highest BCUT2D eigenvalue weighted by molar-refractivity contribution is 6.32. The van der Waals surface area contributed by atoms with Crippen molar-refractivity contribution in [2.75, 3.05) is 6.54 Å². The molecule has 0 unspecified atom stereocenters. The summed E-state index contributed by atoms with van der Waals surface area (Å²) in [6, 6.07) is 5.39. The Morgan fingerprint density at radius 1 is 1.28 bits per heavy atom. The normalized spacial score (nSPS) is 24.1. The van der Waals surface area contributed by atoms with Crippen LogP contribution in [0.15, 0.2) is 18.2 Å². The predicted octanol–water partition coefficient (Wildman–Crippen LogP) is 3.96. The Morgan fingerprint density at radius 2 is 2.00 bits per heavy atom. The molecule has 1 fully saturated rings. The topological polar surface area (TPSA) is 32.3 Å². The zero-order valence-electron chi connectivity index (χ0n) is 11.0. The molecule has 2 nitrogen and oxygen atoms in total. The van der Waals surface area contributed by atoms with Crippen LogP contribution in [0.5, 0.6) is 5.75 Å². The fraction of sp³-hybridized carbons (Fsp3) is 0.600. The molecule has 100 valence electrons. The second kappa shape index (κ2) is 6.44. The highest BCUT2D eigenvalue weighted by atomic mass is 35.5. The standard InChI is InChI=1S/C15H22ClNO/c1-11-2-4-12(5-3-11)9-17-10-13-6-7-15(18)14(16)8-13/h6-8,11-12,17-18H,2-5,9-10H2,1H3. The molecule has 0 aromatic heterocycles. The van der Waals surface area contributed by atoms with Crippen LogP contribution in [-0.2, 0) is 6.54 Å². The van der Waals surface area contributed by atoms with E-state index in [4.69, 9.17) is 11.6 Å². The van der Waals surface area contributed by atoms with E-state index in [1.807, 2.05) is 12.1 Å². The van der Waals surface area contributed by atoms with E-state index >= 15 is 0 Å². The third-order valence-corrected chi connectivity index (χ3v) is 4.21. The summed E-state index contributed by atoms with van der Waals surface area (Å²) in [4.78, 5) is 0. The number of nitrogens with one attached hydrogen (secondary N) is 1. The number of phenols is 1. The molecular formula is C15H22ClNO. The van der Waals surface area contributed by atoms with E-state index in [0.29, 0.717) is 5.02 Å². The van der Waals surface area contributed by atoms with Crippen molar-refractivity contribution in [2.24, 2.45) is 11.8 Å². The van der Waals surface area contributed by atoms with Crippen molar-refractivity contribution in [3.8, 4) is 5.75 Å². The van der Waals surface area contributed by atoms with Crippen molar-refractivity contribution in [1.82, 2.24) is 5.32 Å².